The van der Waals surface area contributed by atoms with Crippen molar-refractivity contribution in [3.8, 4) is 0 Å². The quantitative estimate of drug-likeness (QED) is 0.686. The summed E-state index contributed by atoms with van der Waals surface area (Å²) in [5.41, 5.74) is 0. The number of halogens is 2. The van der Waals surface area contributed by atoms with E-state index >= 15 is 0 Å². The fourth-order valence-electron chi connectivity index (χ4n) is 3.65. The minimum Gasteiger partial charge on any atom is -0.355 e. The van der Waals surface area contributed by atoms with Crippen LogP contribution in [0.15, 0.2) is 23.1 Å². The Morgan fingerprint density at radius 2 is 1.96 bits per heavy atom. The lowest BCUT2D eigenvalue weighted by Gasteiger charge is -2.30. The molecule has 0 unspecified atom stereocenters. The number of rotatable bonds is 8. The first-order valence-electron chi connectivity index (χ1n) is 9.80. The second kappa shape index (κ2) is 9.07. The molecule has 156 valence electrons. The molecular formula is C19H27ClFN3O3S. The molecular weight excluding hydrogens is 405 g/mol. The monoisotopic (exact) mass is 431 g/mol. The lowest BCUT2D eigenvalue weighted by atomic mass is 9.97. The maximum atomic E-state index is 13.3. The van der Waals surface area contributed by atoms with E-state index in [0.29, 0.717) is 25.4 Å². The van der Waals surface area contributed by atoms with Crippen LogP contribution in [-0.2, 0) is 14.8 Å². The number of hydrogen-bond donors (Lipinski definition) is 1. The minimum absolute atomic E-state index is 0.00581. The van der Waals surface area contributed by atoms with Crippen LogP contribution in [0.5, 0.6) is 0 Å². The predicted molar refractivity (Wildman–Crippen MR) is 106 cm³/mol. The summed E-state index contributed by atoms with van der Waals surface area (Å²) < 4.78 is 40.1. The molecule has 1 N–H and O–H groups in total. The lowest BCUT2D eigenvalue weighted by molar-refractivity contribution is -0.126. The minimum atomic E-state index is -3.74. The van der Waals surface area contributed by atoms with E-state index in [1.54, 1.807) is 0 Å². The number of likely N-dealkylation sites (N-methyl/N-ethyl adjacent to an activating group) is 1. The third-order valence-corrected chi connectivity index (χ3v) is 7.71. The molecule has 1 amide bonds. The summed E-state index contributed by atoms with van der Waals surface area (Å²) in [6.07, 6.45) is 3.43. The van der Waals surface area contributed by atoms with Gasteiger partial charge >= 0.3 is 0 Å². The zero-order valence-electron chi connectivity index (χ0n) is 16.0. The number of carbonyl (C=O) groups is 1. The van der Waals surface area contributed by atoms with Crippen molar-refractivity contribution in [2.24, 2.45) is 5.92 Å². The maximum absolute atomic E-state index is 13.3. The summed E-state index contributed by atoms with van der Waals surface area (Å²) in [4.78, 5) is 14.8. The SMILES string of the molecule is CCN(CCNC(=O)C1CCN(S(=O)(=O)c2ccc(F)c(Cl)c2)CC1)C1CC1. The molecule has 1 saturated heterocycles. The average molecular weight is 432 g/mol. The van der Waals surface area contributed by atoms with Crippen molar-refractivity contribution in [1.29, 1.82) is 0 Å². The molecule has 3 rings (SSSR count). The zero-order valence-corrected chi connectivity index (χ0v) is 17.6. The molecule has 0 aromatic heterocycles. The van der Waals surface area contributed by atoms with E-state index in [0.717, 1.165) is 25.2 Å². The Morgan fingerprint density at radius 1 is 1.29 bits per heavy atom. The number of nitrogens with zero attached hydrogens (tertiary/aromatic N) is 2. The molecule has 0 atom stereocenters. The number of nitrogens with one attached hydrogen (secondary N) is 1. The molecule has 0 bridgehead atoms. The number of benzene rings is 1. The smallest absolute Gasteiger partial charge is 0.243 e. The van der Waals surface area contributed by atoms with Gasteiger partial charge in [0.1, 0.15) is 5.82 Å². The molecule has 1 aliphatic heterocycles. The summed E-state index contributed by atoms with van der Waals surface area (Å²) in [7, 11) is -3.74. The third kappa shape index (κ3) is 5.03. The van der Waals surface area contributed by atoms with Gasteiger partial charge in [-0.3, -0.25) is 9.69 Å². The molecule has 1 heterocycles. The Labute approximate surface area is 171 Å². The number of sulfonamides is 1. The van der Waals surface area contributed by atoms with Gasteiger partial charge < -0.3 is 5.32 Å². The van der Waals surface area contributed by atoms with Gasteiger partial charge in [-0.1, -0.05) is 18.5 Å². The fraction of sp³-hybridized carbons (Fsp3) is 0.632. The first-order chi connectivity index (χ1) is 13.3. The van der Waals surface area contributed by atoms with Crippen molar-refractivity contribution in [1.82, 2.24) is 14.5 Å². The van der Waals surface area contributed by atoms with Crippen molar-refractivity contribution >= 4 is 27.5 Å². The summed E-state index contributed by atoms with van der Waals surface area (Å²) in [6.45, 7) is 5.12. The third-order valence-electron chi connectivity index (χ3n) is 5.52. The van der Waals surface area contributed by atoms with E-state index in [2.05, 4.69) is 17.1 Å². The number of hydrogen-bond acceptors (Lipinski definition) is 4. The molecule has 1 aliphatic carbocycles. The largest absolute Gasteiger partial charge is 0.355 e. The van der Waals surface area contributed by atoms with Crippen LogP contribution in [0.3, 0.4) is 0 Å². The highest BCUT2D eigenvalue weighted by Gasteiger charge is 2.32. The van der Waals surface area contributed by atoms with Crippen LogP contribution in [0.1, 0.15) is 32.6 Å². The van der Waals surface area contributed by atoms with Crippen molar-refractivity contribution in [3.05, 3.63) is 29.0 Å². The molecule has 1 saturated carbocycles. The van der Waals surface area contributed by atoms with Gasteiger partial charge in [0.25, 0.3) is 0 Å². The van der Waals surface area contributed by atoms with Crippen LogP contribution < -0.4 is 5.32 Å². The highest BCUT2D eigenvalue weighted by atomic mass is 35.5. The van der Waals surface area contributed by atoms with Gasteiger partial charge in [-0.15, -0.1) is 0 Å². The van der Waals surface area contributed by atoms with Gasteiger partial charge in [-0.05, 0) is 50.4 Å². The number of amides is 1. The van der Waals surface area contributed by atoms with E-state index in [4.69, 9.17) is 11.6 Å². The van der Waals surface area contributed by atoms with Crippen molar-refractivity contribution in [2.45, 2.75) is 43.5 Å². The summed E-state index contributed by atoms with van der Waals surface area (Å²) in [5.74, 6) is -0.840. The first-order valence-corrected chi connectivity index (χ1v) is 11.6. The summed E-state index contributed by atoms with van der Waals surface area (Å²) >= 11 is 5.71. The normalized spacial score (nSPS) is 19.1. The van der Waals surface area contributed by atoms with Crippen LogP contribution in [0.2, 0.25) is 5.02 Å². The highest BCUT2D eigenvalue weighted by molar-refractivity contribution is 7.89. The van der Waals surface area contributed by atoms with Crippen molar-refractivity contribution < 1.29 is 17.6 Å². The van der Waals surface area contributed by atoms with Crippen LogP contribution in [0, 0.1) is 11.7 Å². The molecule has 9 heteroatoms. The van der Waals surface area contributed by atoms with Gasteiger partial charge in [-0.2, -0.15) is 4.31 Å². The average Bonchev–Trinajstić information content (AvgIpc) is 3.52. The molecule has 28 heavy (non-hydrogen) atoms. The van der Waals surface area contributed by atoms with Gasteiger partial charge in [-0.25, -0.2) is 12.8 Å². The van der Waals surface area contributed by atoms with Gasteiger partial charge in [0, 0.05) is 38.1 Å². The van der Waals surface area contributed by atoms with E-state index in [1.165, 1.54) is 23.2 Å². The molecule has 0 radical (unpaired) electrons. The zero-order chi connectivity index (χ0) is 20.3. The van der Waals surface area contributed by atoms with Crippen molar-refractivity contribution in [3.63, 3.8) is 0 Å². The second-order valence-corrected chi connectivity index (χ2v) is 9.75. The lowest BCUT2D eigenvalue weighted by Crippen LogP contribution is -2.44. The van der Waals surface area contributed by atoms with Gasteiger partial charge in [0.05, 0.1) is 9.92 Å². The Balaban J connectivity index is 1.49. The molecule has 2 aliphatic rings. The van der Waals surface area contributed by atoms with Crippen LogP contribution in [-0.4, -0.2) is 62.3 Å². The number of carbonyl (C=O) groups excluding carboxylic acids is 1. The number of piperidine rings is 1. The van der Waals surface area contributed by atoms with Crippen LogP contribution in [0.25, 0.3) is 0 Å². The Kier molecular flexibility index (Phi) is 6.96. The van der Waals surface area contributed by atoms with Gasteiger partial charge in [0.15, 0.2) is 0 Å². The predicted octanol–water partition coefficient (Wildman–Crippen LogP) is 2.48. The molecule has 1 aromatic rings. The van der Waals surface area contributed by atoms with Crippen LogP contribution >= 0.6 is 11.6 Å². The standard InChI is InChI=1S/C19H27ClFN3O3S/c1-2-23(15-3-4-15)12-9-22-19(25)14-7-10-24(11-8-14)28(26,27)16-5-6-18(21)17(20)13-16/h5-6,13-15H,2-4,7-12H2,1H3,(H,22,25). The summed E-state index contributed by atoms with van der Waals surface area (Å²) in [6, 6.07) is 4.07. The van der Waals surface area contributed by atoms with E-state index < -0.39 is 15.8 Å². The Hall–Kier alpha value is -1.22. The second-order valence-electron chi connectivity index (χ2n) is 7.41. The first kappa shape index (κ1) is 21.5. The van der Waals surface area contributed by atoms with E-state index in [-0.39, 0.29) is 34.8 Å². The topological polar surface area (TPSA) is 69.7 Å². The molecule has 0 spiro atoms. The van der Waals surface area contributed by atoms with E-state index in [9.17, 15) is 17.6 Å². The van der Waals surface area contributed by atoms with Gasteiger partial charge in [0.2, 0.25) is 15.9 Å². The van der Waals surface area contributed by atoms with Crippen LogP contribution in [0.4, 0.5) is 4.39 Å². The highest BCUT2D eigenvalue weighted by Crippen LogP contribution is 2.27. The summed E-state index contributed by atoms with van der Waals surface area (Å²) in [5, 5.41) is 2.77. The Bertz CT molecular complexity index is 809. The van der Waals surface area contributed by atoms with Crippen molar-refractivity contribution in [2.75, 3.05) is 32.7 Å². The fourth-order valence-corrected chi connectivity index (χ4v) is 5.39. The molecule has 1 aromatic carbocycles. The van der Waals surface area contributed by atoms with E-state index in [1.807, 2.05) is 0 Å². The Morgan fingerprint density at radius 3 is 2.54 bits per heavy atom. The maximum Gasteiger partial charge on any atom is 0.243 e. The molecule has 2 fully saturated rings. The molecule has 6 nitrogen and oxygen atoms in total.